The summed E-state index contributed by atoms with van der Waals surface area (Å²) in [6.45, 7) is 2.57. The Morgan fingerprint density at radius 3 is 2.90 bits per heavy atom. The Kier molecular flexibility index (Phi) is 5.57. The number of rotatable bonds is 6. The third-order valence-electron chi connectivity index (χ3n) is 7.82. The molecular formula is C28H28N8O3. The minimum Gasteiger partial charge on any atom is -0.497 e. The van der Waals surface area contributed by atoms with Crippen LogP contribution in [0.1, 0.15) is 30.4 Å². The van der Waals surface area contributed by atoms with Crippen LogP contribution in [0.5, 0.6) is 5.75 Å². The number of primary amides is 1. The zero-order valence-electron chi connectivity index (χ0n) is 21.6. The summed E-state index contributed by atoms with van der Waals surface area (Å²) >= 11 is 0. The Hall–Kier alpha value is -4.67. The summed E-state index contributed by atoms with van der Waals surface area (Å²) < 4.78 is 13.1. The molecule has 0 unspecified atom stereocenters. The van der Waals surface area contributed by atoms with Crippen molar-refractivity contribution in [3.05, 3.63) is 82.7 Å². The van der Waals surface area contributed by atoms with Gasteiger partial charge in [-0.25, -0.2) is 14.7 Å². The molecule has 0 spiro atoms. The summed E-state index contributed by atoms with van der Waals surface area (Å²) in [6.07, 6.45) is 7.94. The van der Waals surface area contributed by atoms with Crippen molar-refractivity contribution in [3.63, 3.8) is 0 Å². The standard InChI is InChI=1S/C28H28N8O3/c1-38-19-6-4-17(5-7-19)14-36-28-24(32-33-36)20(8-10-30-28)27-31-13-21-23(34-11-2-3-22(34)26(29)37)16-39-15-18-9-12-35(27)25(18)21/h4-8,10,13,16,22H,2-3,9,11-12,14-15H2,1H3,(H2,29,37)/t22-/m0/s1. The zero-order chi connectivity index (χ0) is 26.5. The van der Waals surface area contributed by atoms with Gasteiger partial charge in [-0.15, -0.1) is 5.10 Å². The number of nitrogens with two attached hydrogens (primary N) is 1. The maximum atomic E-state index is 12.2. The van der Waals surface area contributed by atoms with E-state index >= 15 is 0 Å². The van der Waals surface area contributed by atoms with Gasteiger partial charge in [0.2, 0.25) is 5.91 Å². The van der Waals surface area contributed by atoms with Crippen LogP contribution >= 0.6 is 0 Å². The van der Waals surface area contributed by atoms with E-state index in [0.29, 0.717) is 24.3 Å². The first-order valence-corrected chi connectivity index (χ1v) is 13.1. The van der Waals surface area contributed by atoms with Crippen molar-refractivity contribution < 1.29 is 14.3 Å². The van der Waals surface area contributed by atoms with Crippen LogP contribution < -0.4 is 10.5 Å². The second-order valence-electron chi connectivity index (χ2n) is 10.0. The summed E-state index contributed by atoms with van der Waals surface area (Å²) in [4.78, 5) is 26.0. The number of likely N-dealkylation sites (tertiary alicyclic amines) is 1. The van der Waals surface area contributed by atoms with Crippen LogP contribution in [-0.2, 0) is 16.1 Å². The number of hydrogen-bond donors (Lipinski definition) is 1. The number of ether oxygens (including phenoxy) is 2. The van der Waals surface area contributed by atoms with E-state index in [9.17, 15) is 4.79 Å². The molecule has 2 aromatic heterocycles. The molecule has 6 heterocycles. The van der Waals surface area contributed by atoms with Gasteiger partial charge in [-0.1, -0.05) is 17.3 Å². The van der Waals surface area contributed by atoms with Crippen LogP contribution in [0.4, 0.5) is 0 Å². The molecule has 1 atom stereocenters. The van der Waals surface area contributed by atoms with Crippen LogP contribution in [0.15, 0.2) is 76.5 Å². The first kappa shape index (κ1) is 23.4. The van der Waals surface area contributed by atoms with Gasteiger partial charge in [-0.3, -0.25) is 4.79 Å². The normalized spacial score (nSPS) is 20.3. The topological polar surface area (TPSA) is 124 Å². The number of carbonyl (C=O) groups excluding carboxylic acids is 1. The average molecular weight is 525 g/mol. The Labute approximate surface area is 224 Å². The fourth-order valence-corrected chi connectivity index (χ4v) is 5.94. The van der Waals surface area contributed by atoms with Crippen molar-refractivity contribution in [2.45, 2.75) is 31.8 Å². The predicted octanol–water partition coefficient (Wildman–Crippen LogP) is 2.31. The number of carbonyl (C=O) groups is 1. The summed E-state index contributed by atoms with van der Waals surface area (Å²) in [5.41, 5.74) is 13.2. The summed E-state index contributed by atoms with van der Waals surface area (Å²) in [5, 5.41) is 8.95. The Morgan fingerprint density at radius 2 is 2.08 bits per heavy atom. The number of amidine groups is 1. The van der Waals surface area contributed by atoms with E-state index in [1.165, 1.54) is 5.57 Å². The molecule has 0 aliphatic carbocycles. The lowest BCUT2D eigenvalue weighted by molar-refractivity contribution is -0.121. The molecule has 1 aromatic carbocycles. The molecule has 11 heteroatoms. The molecule has 0 saturated carbocycles. The van der Waals surface area contributed by atoms with Gasteiger partial charge in [0, 0.05) is 31.1 Å². The van der Waals surface area contributed by atoms with Gasteiger partial charge in [0.25, 0.3) is 0 Å². The van der Waals surface area contributed by atoms with Crippen molar-refractivity contribution in [1.29, 1.82) is 0 Å². The summed E-state index contributed by atoms with van der Waals surface area (Å²) in [5.74, 6) is 1.30. The van der Waals surface area contributed by atoms with E-state index in [1.54, 1.807) is 24.3 Å². The fraction of sp³-hybridized carbons (Fsp3) is 0.321. The van der Waals surface area contributed by atoms with E-state index < -0.39 is 0 Å². The minimum absolute atomic E-state index is 0.312. The fourth-order valence-electron chi connectivity index (χ4n) is 5.94. The maximum absolute atomic E-state index is 12.2. The largest absolute Gasteiger partial charge is 0.497 e. The van der Waals surface area contributed by atoms with E-state index in [4.69, 9.17) is 20.2 Å². The van der Waals surface area contributed by atoms with Gasteiger partial charge in [0.15, 0.2) is 5.65 Å². The number of fused-ring (bicyclic) bond motifs is 1. The quantitative estimate of drug-likeness (QED) is 0.521. The molecule has 0 bridgehead atoms. The molecule has 1 amide bonds. The molecule has 0 radical (unpaired) electrons. The second kappa shape index (κ2) is 9.26. The Balaban J connectivity index is 1.27. The SMILES string of the molecule is COc1ccc(Cn2nnc3c(C4=NC=C5C(N6CCC[C@H]6C(N)=O)=COCC6=C5N4CC6)ccnc32)cc1. The summed E-state index contributed by atoms with van der Waals surface area (Å²) in [7, 11) is 1.65. The van der Waals surface area contributed by atoms with Crippen molar-refractivity contribution in [3.8, 4) is 5.75 Å². The third-order valence-corrected chi connectivity index (χ3v) is 7.82. The second-order valence-corrected chi connectivity index (χ2v) is 10.0. The highest BCUT2D eigenvalue weighted by Crippen LogP contribution is 2.41. The van der Waals surface area contributed by atoms with E-state index in [1.807, 2.05) is 36.5 Å². The molecular weight excluding hydrogens is 496 g/mol. The molecule has 1 fully saturated rings. The van der Waals surface area contributed by atoms with E-state index in [-0.39, 0.29) is 11.9 Å². The predicted molar refractivity (Wildman–Crippen MR) is 143 cm³/mol. The number of nitrogens with zero attached hydrogens (tertiary/aromatic N) is 7. The molecule has 4 aliphatic heterocycles. The molecule has 39 heavy (non-hydrogen) atoms. The van der Waals surface area contributed by atoms with Gasteiger partial charge in [0.05, 0.1) is 30.6 Å². The van der Waals surface area contributed by atoms with E-state index in [0.717, 1.165) is 72.0 Å². The lowest BCUT2D eigenvalue weighted by Gasteiger charge is -2.33. The number of aromatic nitrogens is 4. The number of amides is 1. The van der Waals surface area contributed by atoms with Crippen LogP contribution in [0.2, 0.25) is 0 Å². The van der Waals surface area contributed by atoms with Crippen molar-refractivity contribution in [1.82, 2.24) is 29.8 Å². The van der Waals surface area contributed by atoms with Gasteiger partial charge in [0.1, 0.15) is 36.0 Å². The smallest absolute Gasteiger partial charge is 0.240 e. The molecule has 1 saturated heterocycles. The number of pyridine rings is 1. The van der Waals surface area contributed by atoms with Crippen molar-refractivity contribution in [2.24, 2.45) is 10.7 Å². The highest BCUT2D eigenvalue weighted by atomic mass is 16.5. The molecule has 198 valence electrons. The van der Waals surface area contributed by atoms with Gasteiger partial charge in [-0.2, -0.15) is 0 Å². The zero-order valence-corrected chi connectivity index (χ0v) is 21.6. The Bertz CT molecular complexity index is 1600. The third kappa shape index (κ3) is 3.84. The number of hydrogen-bond acceptors (Lipinski definition) is 9. The summed E-state index contributed by atoms with van der Waals surface area (Å²) in [6, 6.07) is 9.48. The molecule has 2 N–H and O–H groups in total. The van der Waals surface area contributed by atoms with Crippen molar-refractivity contribution >= 4 is 22.9 Å². The van der Waals surface area contributed by atoms with E-state index in [2.05, 4.69) is 25.1 Å². The first-order valence-electron chi connectivity index (χ1n) is 13.1. The highest BCUT2D eigenvalue weighted by Gasteiger charge is 2.40. The average Bonchev–Trinajstić information content (AvgIpc) is 3.68. The van der Waals surface area contributed by atoms with Gasteiger partial charge in [-0.05, 0) is 48.6 Å². The molecule has 7 rings (SSSR count). The van der Waals surface area contributed by atoms with Gasteiger partial charge >= 0.3 is 0 Å². The van der Waals surface area contributed by atoms with Crippen LogP contribution in [0.25, 0.3) is 11.2 Å². The Morgan fingerprint density at radius 1 is 1.21 bits per heavy atom. The van der Waals surface area contributed by atoms with Gasteiger partial charge < -0.3 is 25.0 Å². The molecule has 11 nitrogen and oxygen atoms in total. The van der Waals surface area contributed by atoms with Crippen molar-refractivity contribution in [2.75, 3.05) is 26.8 Å². The lowest BCUT2D eigenvalue weighted by Crippen LogP contribution is -2.41. The number of methoxy groups -OCH3 is 1. The highest BCUT2D eigenvalue weighted by molar-refractivity contribution is 6.09. The monoisotopic (exact) mass is 524 g/mol. The number of benzene rings is 1. The van der Waals surface area contributed by atoms with Crippen LogP contribution in [-0.4, -0.2) is 74.4 Å². The lowest BCUT2D eigenvalue weighted by atomic mass is 10.0. The molecule has 3 aromatic rings. The van der Waals surface area contributed by atoms with Crippen LogP contribution in [0.3, 0.4) is 0 Å². The number of aliphatic imine (C=N–C) groups is 1. The van der Waals surface area contributed by atoms with Crippen LogP contribution in [0, 0.1) is 0 Å². The minimum atomic E-state index is -0.344. The first-order chi connectivity index (χ1) is 19.1. The molecule has 4 aliphatic rings. The maximum Gasteiger partial charge on any atom is 0.240 e.